The van der Waals surface area contributed by atoms with Gasteiger partial charge in [0.15, 0.2) is 0 Å². The number of nitrogens with one attached hydrogen (secondary N) is 1. The molecule has 2 N–H and O–H groups in total. The van der Waals surface area contributed by atoms with Gasteiger partial charge in [0.05, 0.1) is 12.3 Å². The first-order chi connectivity index (χ1) is 18.9. The molecule has 2 aliphatic carbocycles. The van der Waals surface area contributed by atoms with Gasteiger partial charge >= 0.3 is 6.01 Å². The van der Waals surface area contributed by atoms with Crippen LogP contribution in [-0.2, 0) is 24.7 Å². The summed E-state index contributed by atoms with van der Waals surface area (Å²) in [5, 5.41) is 14.8. The smallest absolute Gasteiger partial charge is 0.318 e. The predicted molar refractivity (Wildman–Crippen MR) is 162 cm³/mol. The fourth-order valence-electron chi connectivity index (χ4n) is 8.78. The number of hydrogen-bond acceptors (Lipinski definition) is 7. The van der Waals surface area contributed by atoms with Crippen molar-refractivity contribution in [2.75, 3.05) is 37.7 Å². The van der Waals surface area contributed by atoms with Crippen LogP contribution in [0.3, 0.4) is 0 Å². The van der Waals surface area contributed by atoms with Crippen molar-refractivity contribution in [3.63, 3.8) is 0 Å². The molecule has 1 spiro atoms. The van der Waals surface area contributed by atoms with E-state index < -0.39 is 6.17 Å². The molecule has 1 aromatic carbocycles. The maximum absolute atomic E-state index is 14.1. The van der Waals surface area contributed by atoms with Crippen molar-refractivity contribution in [3.05, 3.63) is 39.5 Å². The fourth-order valence-corrected chi connectivity index (χ4v) is 9.09. The van der Waals surface area contributed by atoms with Gasteiger partial charge in [-0.05, 0) is 87.6 Å². The molecule has 224 valence electrons. The molecule has 2 aromatic rings. The van der Waals surface area contributed by atoms with Gasteiger partial charge in [-0.1, -0.05) is 11.6 Å². The monoisotopic (exact) mass is 625 g/mol. The van der Waals surface area contributed by atoms with E-state index in [0.29, 0.717) is 48.6 Å². The summed E-state index contributed by atoms with van der Waals surface area (Å²) < 4.78 is 20.4. The van der Waals surface area contributed by atoms with Crippen molar-refractivity contribution in [1.82, 2.24) is 20.2 Å². The van der Waals surface area contributed by atoms with Crippen LogP contribution in [0.4, 0.5) is 10.2 Å². The van der Waals surface area contributed by atoms with Gasteiger partial charge in [-0.3, -0.25) is 4.90 Å². The molecule has 11 heteroatoms. The molecule has 1 unspecified atom stereocenters. The van der Waals surface area contributed by atoms with Crippen LogP contribution in [0, 0.1) is 5.92 Å². The number of piperazine rings is 1. The van der Waals surface area contributed by atoms with E-state index in [1.807, 2.05) is 6.07 Å². The second kappa shape index (κ2) is 11.2. The Morgan fingerprint density at radius 3 is 2.59 bits per heavy atom. The number of aromatic hydroxyl groups is 1. The molecule has 2 bridgehead atoms. The number of anilines is 1. The fraction of sp³-hybridized carbons (Fsp3) is 0.667. The van der Waals surface area contributed by atoms with Crippen LogP contribution in [0.15, 0.2) is 12.1 Å². The van der Waals surface area contributed by atoms with E-state index in [9.17, 15) is 9.50 Å². The van der Waals surface area contributed by atoms with Crippen molar-refractivity contribution in [1.29, 1.82) is 0 Å². The largest absolute Gasteiger partial charge is 0.508 e. The Labute approximate surface area is 258 Å². The molecule has 0 amide bonds. The Kier molecular flexibility index (Phi) is 8.03. The summed E-state index contributed by atoms with van der Waals surface area (Å²) in [4.78, 5) is 14.9. The molecule has 6 atom stereocenters. The van der Waals surface area contributed by atoms with Crippen molar-refractivity contribution in [3.8, 4) is 11.8 Å². The average molecular weight is 627 g/mol. The Hall–Kier alpha value is -1.58. The minimum atomic E-state index is -0.717. The standard InChI is InChI=1S/C30H37ClFN5O2.2ClH/c31-25-11-21(38)10-24-22(25)3-6-30(24)7-4-23-26(12-30)34-29(35-28(23)37-14-19-1-2-20(15-37)33-19)39-16-17-5-8-36-13-18(32)9-27(17)36;;/h10-11,17-20,27,33,38H,1-9,12-16H2;2*1H/t17?,18-,19-,20+,27+,30+;;/m1../s1. The third-order valence-corrected chi connectivity index (χ3v) is 11.0. The minimum absolute atomic E-state index is 0. The zero-order valence-electron chi connectivity index (χ0n) is 23.2. The zero-order chi connectivity index (χ0) is 26.3. The highest BCUT2D eigenvalue weighted by Gasteiger charge is 2.45. The number of phenolic OH excluding ortho intramolecular Hbond substituents is 1. The highest BCUT2D eigenvalue weighted by molar-refractivity contribution is 6.31. The number of nitrogens with zero attached hydrogens (tertiary/aromatic N) is 4. The van der Waals surface area contributed by atoms with E-state index in [1.165, 1.54) is 29.5 Å². The average Bonchev–Trinajstić information content (AvgIpc) is 3.66. The summed E-state index contributed by atoms with van der Waals surface area (Å²) in [5.41, 5.74) is 4.64. The molecule has 0 saturated carbocycles. The van der Waals surface area contributed by atoms with E-state index in [0.717, 1.165) is 69.7 Å². The predicted octanol–water partition coefficient (Wildman–Crippen LogP) is 4.80. The van der Waals surface area contributed by atoms with Gasteiger partial charge < -0.3 is 20.1 Å². The minimum Gasteiger partial charge on any atom is -0.508 e. The SMILES string of the molecule is Cl.Cl.Oc1cc(Cl)c2c(c1)[C@@]1(CC2)CCc2c(nc(OCC3CCN4C[C@H](F)C[C@@H]34)nc2N2C[C@H]3CC[C@@H](C2)N3)C1. The van der Waals surface area contributed by atoms with Crippen LogP contribution >= 0.6 is 36.4 Å². The zero-order valence-corrected chi connectivity index (χ0v) is 25.5. The van der Waals surface area contributed by atoms with Gasteiger partial charge in [0.2, 0.25) is 0 Å². The molecule has 4 saturated heterocycles. The molecule has 5 heterocycles. The van der Waals surface area contributed by atoms with Gasteiger partial charge in [0.25, 0.3) is 0 Å². The number of ether oxygens (including phenoxy) is 1. The van der Waals surface area contributed by atoms with Crippen molar-refractivity contribution < 1.29 is 14.2 Å². The molecule has 41 heavy (non-hydrogen) atoms. The van der Waals surface area contributed by atoms with Crippen LogP contribution < -0.4 is 15.0 Å². The van der Waals surface area contributed by atoms with Crippen LogP contribution in [0.25, 0.3) is 0 Å². The third-order valence-electron chi connectivity index (χ3n) is 10.7. The van der Waals surface area contributed by atoms with Crippen molar-refractivity contribution in [2.45, 2.75) is 87.5 Å². The van der Waals surface area contributed by atoms with Crippen LogP contribution in [0.2, 0.25) is 5.02 Å². The first kappa shape index (κ1) is 29.5. The Bertz CT molecular complexity index is 1310. The highest BCUT2D eigenvalue weighted by Crippen LogP contribution is 2.51. The van der Waals surface area contributed by atoms with E-state index in [1.54, 1.807) is 6.07 Å². The summed E-state index contributed by atoms with van der Waals surface area (Å²) >= 11 is 6.57. The maximum Gasteiger partial charge on any atom is 0.318 e. The van der Waals surface area contributed by atoms with Gasteiger partial charge in [-0.15, -0.1) is 24.8 Å². The number of phenols is 1. The molecule has 6 aliphatic rings. The number of halogens is 4. The Balaban J connectivity index is 0.00000151. The number of benzene rings is 1. The lowest BCUT2D eigenvalue weighted by Crippen LogP contribution is -2.52. The van der Waals surface area contributed by atoms with Crippen LogP contribution in [-0.4, -0.2) is 77.1 Å². The van der Waals surface area contributed by atoms with Gasteiger partial charge in [0.1, 0.15) is 17.7 Å². The summed E-state index contributed by atoms with van der Waals surface area (Å²) in [6, 6.07) is 5.37. The second-order valence-corrected chi connectivity index (χ2v) is 13.4. The summed E-state index contributed by atoms with van der Waals surface area (Å²) in [6.07, 6.45) is 8.05. The maximum atomic E-state index is 14.1. The highest BCUT2D eigenvalue weighted by atomic mass is 35.5. The third kappa shape index (κ3) is 5.05. The lowest BCUT2D eigenvalue weighted by Gasteiger charge is -2.39. The van der Waals surface area contributed by atoms with E-state index in [2.05, 4.69) is 15.1 Å². The van der Waals surface area contributed by atoms with E-state index in [-0.39, 0.29) is 42.0 Å². The first-order valence-corrected chi connectivity index (χ1v) is 15.3. The number of fused-ring (bicyclic) bond motifs is 6. The molecule has 4 fully saturated rings. The number of alkyl halides is 1. The quantitative estimate of drug-likeness (QED) is 0.505. The molecular weight excluding hydrogens is 588 g/mol. The topological polar surface area (TPSA) is 73.8 Å². The number of aromatic nitrogens is 2. The Morgan fingerprint density at radius 1 is 1.05 bits per heavy atom. The first-order valence-electron chi connectivity index (χ1n) is 14.9. The van der Waals surface area contributed by atoms with Crippen LogP contribution in [0.1, 0.15) is 60.9 Å². The van der Waals surface area contributed by atoms with Gasteiger partial charge in [-0.25, -0.2) is 4.39 Å². The summed E-state index contributed by atoms with van der Waals surface area (Å²) in [6.45, 7) is 3.99. The second-order valence-electron chi connectivity index (χ2n) is 13.0. The van der Waals surface area contributed by atoms with Crippen molar-refractivity contribution in [2.24, 2.45) is 5.92 Å². The number of rotatable bonds is 4. The van der Waals surface area contributed by atoms with Gasteiger partial charge in [0, 0.05) is 59.7 Å². The van der Waals surface area contributed by atoms with Gasteiger partial charge in [-0.2, -0.15) is 9.97 Å². The Morgan fingerprint density at radius 2 is 1.80 bits per heavy atom. The normalized spacial score (nSPS) is 33.2. The molecule has 0 radical (unpaired) electrons. The van der Waals surface area contributed by atoms with Crippen LogP contribution in [0.5, 0.6) is 11.8 Å². The lowest BCUT2D eigenvalue weighted by atomic mass is 9.69. The van der Waals surface area contributed by atoms with E-state index in [4.69, 9.17) is 26.3 Å². The lowest BCUT2D eigenvalue weighted by molar-refractivity contribution is 0.194. The number of hydrogen-bond donors (Lipinski definition) is 2. The molecule has 7 nitrogen and oxygen atoms in total. The molecule has 1 aromatic heterocycles. The molecule has 4 aliphatic heterocycles. The molecule has 8 rings (SSSR count). The summed E-state index contributed by atoms with van der Waals surface area (Å²) in [7, 11) is 0. The molecular formula is C30H39Cl3FN5O2. The van der Waals surface area contributed by atoms with Crippen molar-refractivity contribution >= 4 is 42.2 Å². The summed E-state index contributed by atoms with van der Waals surface area (Å²) in [5.74, 6) is 1.61. The van der Waals surface area contributed by atoms with E-state index >= 15 is 0 Å².